The van der Waals surface area contributed by atoms with Crippen LogP contribution < -0.4 is 0 Å². The summed E-state index contributed by atoms with van der Waals surface area (Å²) >= 11 is 4.91. The lowest BCUT2D eigenvalue weighted by Crippen LogP contribution is -2.27. The molecule has 0 aliphatic rings. The van der Waals surface area contributed by atoms with Crippen molar-refractivity contribution in [2.45, 2.75) is 6.92 Å². The summed E-state index contributed by atoms with van der Waals surface area (Å²) in [6.45, 7) is 0.830. The van der Waals surface area contributed by atoms with Gasteiger partial charge in [-0.2, -0.15) is 5.26 Å². The van der Waals surface area contributed by atoms with E-state index in [-0.39, 0.29) is 6.54 Å². The quantitative estimate of drug-likeness (QED) is 0.327. The second-order valence-electron chi connectivity index (χ2n) is 1.56. The van der Waals surface area contributed by atoms with Gasteiger partial charge >= 0.3 is 0 Å². The molecule has 0 aromatic carbocycles. The largest absolute Gasteiger partial charge is 0.279 e. The van der Waals surface area contributed by atoms with Crippen molar-refractivity contribution in [2.75, 3.05) is 6.54 Å². The Labute approximate surface area is 63.0 Å². The predicted molar refractivity (Wildman–Crippen MR) is 33.9 cm³/mol. The Balaban J connectivity index is 4.00. The van der Waals surface area contributed by atoms with Crippen LogP contribution in [0.4, 0.5) is 0 Å². The number of carbonyl (C=O) groups is 2. The molecule has 0 aromatic heterocycles. The lowest BCUT2D eigenvalue weighted by Gasteiger charge is -2.05. The van der Waals surface area contributed by atoms with Gasteiger partial charge in [-0.05, 0) is 11.6 Å². The maximum Gasteiger partial charge on any atom is 0.242 e. The molecule has 0 fully saturated rings. The third-order valence-electron chi connectivity index (χ3n) is 0.783. The van der Waals surface area contributed by atoms with E-state index in [9.17, 15) is 9.59 Å². The Kier molecular flexibility index (Phi) is 3.44. The normalized spacial score (nSPS) is 8.10. The first-order chi connectivity index (χ1) is 4.57. The van der Waals surface area contributed by atoms with Crippen LogP contribution in [0.3, 0.4) is 0 Å². The van der Waals surface area contributed by atoms with Gasteiger partial charge in [-0.1, -0.05) is 0 Å². The van der Waals surface area contributed by atoms with Gasteiger partial charge in [0.2, 0.25) is 11.1 Å². The third kappa shape index (κ3) is 3.05. The van der Waals surface area contributed by atoms with Gasteiger partial charge in [-0.3, -0.25) is 9.59 Å². The van der Waals surface area contributed by atoms with Crippen molar-refractivity contribution in [2.24, 2.45) is 0 Å². The first-order valence-electron chi connectivity index (χ1n) is 2.44. The van der Waals surface area contributed by atoms with Crippen LogP contribution in [0.15, 0.2) is 0 Å². The zero-order chi connectivity index (χ0) is 8.15. The average molecular weight is 161 g/mol. The highest BCUT2D eigenvalue weighted by Crippen LogP contribution is 1.89. The molecule has 0 spiro atoms. The maximum absolute atomic E-state index is 10.4. The zero-order valence-corrected chi connectivity index (χ0v) is 6.05. The standard InChI is InChI=1S/C5H5ClN2O2/c1-4(9)8(3-7)2-5(6)10/h2H2,1H3. The molecule has 4 nitrogen and oxygen atoms in total. The fourth-order valence-electron chi connectivity index (χ4n) is 0.341. The van der Waals surface area contributed by atoms with Gasteiger partial charge in [0.15, 0.2) is 6.19 Å². The van der Waals surface area contributed by atoms with Gasteiger partial charge in [-0.15, -0.1) is 0 Å². The van der Waals surface area contributed by atoms with Crippen LogP contribution in [0.25, 0.3) is 0 Å². The molecule has 0 saturated heterocycles. The minimum atomic E-state index is -0.725. The van der Waals surface area contributed by atoms with Crippen LogP contribution >= 0.6 is 11.6 Å². The summed E-state index contributed by atoms with van der Waals surface area (Å²) in [5, 5.41) is 7.46. The Bertz CT molecular complexity index is 196. The summed E-state index contributed by atoms with van der Waals surface area (Å²) in [7, 11) is 0. The second kappa shape index (κ2) is 3.85. The molecule has 54 valence electrons. The third-order valence-corrected chi connectivity index (χ3v) is 0.903. The second-order valence-corrected chi connectivity index (χ2v) is 1.98. The van der Waals surface area contributed by atoms with Gasteiger partial charge in [0.25, 0.3) is 0 Å². The summed E-state index contributed by atoms with van der Waals surface area (Å²) in [6, 6.07) is 0. The number of amides is 1. The molecular weight excluding hydrogens is 156 g/mol. The van der Waals surface area contributed by atoms with Crippen molar-refractivity contribution in [3.8, 4) is 6.19 Å². The van der Waals surface area contributed by atoms with Crippen molar-refractivity contribution in [3.63, 3.8) is 0 Å². The lowest BCUT2D eigenvalue weighted by atomic mass is 10.5. The minimum absolute atomic E-state index is 0.354. The molecule has 0 bridgehead atoms. The lowest BCUT2D eigenvalue weighted by molar-refractivity contribution is -0.128. The van der Waals surface area contributed by atoms with E-state index in [1.54, 1.807) is 0 Å². The van der Waals surface area contributed by atoms with Crippen LogP contribution in [0, 0.1) is 11.5 Å². The van der Waals surface area contributed by atoms with E-state index in [2.05, 4.69) is 0 Å². The molecule has 0 unspecified atom stereocenters. The Morgan fingerprint density at radius 1 is 1.70 bits per heavy atom. The molecule has 0 aromatic rings. The number of nitriles is 1. The number of hydrogen-bond acceptors (Lipinski definition) is 3. The molecule has 0 aliphatic carbocycles. The highest BCUT2D eigenvalue weighted by atomic mass is 35.5. The molecule has 5 heteroatoms. The first kappa shape index (κ1) is 8.92. The van der Waals surface area contributed by atoms with Crippen molar-refractivity contribution in [1.82, 2.24) is 4.90 Å². The van der Waals surface area contributed by atoms with Gasteiger partial charge in [-0.25, -0.2) is 4.90 Å². The van der Waals surface area contributed by atoms with E-state index in [0.29, 0.717) is 4.90 Å². The van der Waals surface area contributed by atoms with E-state index >= 15 is 0 Å². The van der Waals surface area contributed by atoms with Gasteiger partial charge < -0.3 is 0 Å². The van der Waals surface area contributed by atoms with E-state index < -0.39 is 11.1 Å². The molecule has 0 aliphatic heterocycles. The van der Waals surface area contributed by atoms with Crippen LogP contribution in [0.1, 0.15) is 6.92 Å². The summed E-state index contributed by atoms with van der Waals surface area (Å²) in [4.78, 5) is 21.2. The molecule has 1 amide bonds. The SMILES string of the molecule is CC(=O)N(C#N)CC(=O)Cl. The molecule has 0 saturated carbocycles. The summed E-state index contributed by atoms with van der Waals surface area (Å²) < 4.78 is 0. The minimum Gasteiger partial charge on any atom is -0.279 e. The summed E-state index contributed by atoms with van der Waals surface area (Å²) in [5.41, 5.74) is 0. The van der Waals surface area contributed by atoms with E-state index in [4.69, 9.17) is 16.9 Å². The number of halogens is 1. The maximum atomic E-state index is 10.4. The average Bonchev–Trinajstić information content (AvgIpc) is 1.81. The zero-order valence-electron chi connectivity index (χ0n) is 5.30. The molecular formula is C5H5ClN2O2. The Hall–Kier alpha value is -1.08. The Morgan fingerprint density at radius 3 is 2.30 bits per heavy atom. The van der Waals surface area contributed by atoms with E-state index in [1.165, 1.54) is 13.1 Å². The van der Waals surface area contributed by atoms with E-state index in [1.807, 2.05) is 0 Å². The van der Waals surface area contributed by atoms with Gasteiger partial charge in [0.05, 0.1) is 0 Å². The molecule has 10 heavy (non-hydrogen) atoms. The fraction of sp³-hybridized carbons (Fsp3) is 0.400. The topological polar surface area (TPSA) is 61.2 Å². The summed E-state index contributed by atoms with van der Waals surface area (Å²) in [6.07, 6.45) is 1.51. The fourth-order valence-corrected chi connectivity index (χ4v) is 0.461. The number of nitrogens with zero attached hydrogens (tertiary/aromatic N) is 2. The first-order valence-corrected chi connectivity index (χ1v) is 2.82. The van der Waals surface area contributed by atoms with Crippen molar-refractivity contribution >= 4 is 22.8 Å². The number of hydrogen-bond donors (Lipinski definition) is 0. The van der Waals surface area contributed by atoms with Crippen molar-refractivity contribution < 1.29 is 9.59 Å². The highest BCUT2D eigenvalue weighted by Gasteiger charge is 2.09. The number of carbonyl (C=O) groups excluding carboxylic acids is 2. The van der Waals surface area contributed by atoms with Crippen LogP contribution in [-0.2, 0) is 9.59 Å². The molecule has 0 radical (unpaired) electrons. The van der Waals surface area contributed by atoms with Crippen LogP contribution in [0.2, 0.25) is 0 Å². The highest BCUT2D eigenvalue weighted by molar-refractivity contribution is 6.64. The molecule has 0 rings (SSSR count). The Morgan fingerprint density at radius 2 is 2.20 bits per heavy atom. The smallest absolute Gasteiger partial charge is 0.242 e. The molecule has 0 heterocycles. The van der Waals surface area contributed by atoms with Crippen LogP contribution in [-0.4, -0.2) is 22.6 Å². The van der Waals surface area contributed by atoms with Crippen molar-refractivity contribution in [3.05, 3.63) is 0 Å². The number of rotatable bonds is 2. The monoisotopic (exact) mass is 160 g/mol. The molecule has 0 atom stereocenters. The predicted octanol–water partition coefficient (Wildman–Crippen LogP) is 0.0814. The van der Waals surface area contributed by atoms with Gasteiger partial charge in [0.1, 0.15) is 6.54 Å². The molecule has 0 N–H and O–H groups in total. The summed E-state index contributed by atoms with van der Waals surface area (Å²) in [5.74, 6) is -0.489. The van der Waals surface area contributed by atoms with Crippen molar-refractivity contribution in [1.29, 1.82) is 5.26 Å². The van der Waals surface area contributed by atoms with E-state index in [0.717, 1.165) is 0 Å². The van der Waals surface area contributed by atoms with Gasteiger partial charge in [0, 0.05) is 6.92 Å². The van der Waals surface area contributed by atoms with Crippen LogP contribution in [0.5, 0.6) is 0 Å².